The Kier molecular flexibility index (Phi) is 6.86. The van der Waals surface area contributed by atoms with Crippen LogP contribution in [-0.4, -0.2) is 57.0 Å². The van der Waals surface area contributed by atoms with Crippen molar-refractivity contribution in [2.45, 2.75) is 61.9 Å². The normalized spacial score (nSPS) is 28.5. The van der Waals surface area contributed by atoms with E-state index in [4.69, 9.17) is 5.73 Å². The highest BCUT2D eigenvalue weighted by atomic mass is 32.2. The van der Waals surface area contributed by atoms with Crippen molar-refractivity contribution in [1.29, 1.82) is 0 Å². The molecule has 33 heavy (non-hydrogen) atoms. The molecule has 2 saturated carbocycles. The molecule has 1 aliphatic heterocycles. The molecule has 2 aliphatic carbocycles. The van der Waals surface area contributed by atoms with Gasteiger partial charge in [-0.2, -0.15) is 4.31 Å². The molecule has 2 aromatic carbocycles. The standard InChI is InChI=1S/C26H36N4O2S/c27-23-8-10-24(11-9-23)29-26-17-25(26)21-6-4-20(5-7-21)22-3-1-2-19(16-22)18-33(31,32)30-14-12-28-13-15-30/h1-7,16,23-26,28-29H,8-15,17-18,27H2/t23?,24?,25-,26+/m1/s1. The van der Waals surface area contributed by atoms with E-state index in [-0.39, 0.29) is 5.75 Å². The van der Waals surface area contributed by atoms with Crippen LogP contribution in [0.3, 0.4) is 0 Å². The quantitative estimate of drug-likeness (QED) is 0.582. The fourth-order valence-electron chi connectivity index (χ4n) is 5.32. The van der Waals surface area contributed by atoms with E-state index in [1.54, 1.807) is 4.31 Å². The van der Waals surface area contributed by atoms with Crippen molar-refractivity contribution in [2.24, 2.45) is 5.73 Å². The monoisotopic (exact) mass is 468 g/mol. The third-order valence-corrected chi connectivity index (χ3v) is 9.28. The van der Waals surface area contributed by atoms with E-state index in [0.29, 0.717) is 37.1 Å². The SMILES string of the molecule is NC1CCC(N[C@H]2C[C@@H]2c2ccc(-c3cccc(CS(=O)(=O)N4CCNCC4)c3)cc2)CC1. The highest BCUT2D eigenvalue weighted by molar-refractivity contribution is 7.88. The Labute approximate surface area is 198 Å². The van der Waals surface area contributed by atoms with E-state index < -0.39 is 10.0 Å². The molecular formula is C26H36N4O2S. The van der Waals surface area contributed by atoms with Gasteiger partial charge in [-0.1, -0.05) is 48.5 Å². The number of piperazine rings is 1. The summed E-state index contributed by atoms with van der Waals surface area (Å²) in [5.41, 5.74) is 10.5. The molecule has 6 nitrogen and oxygen atoms in total. The molecular weight excluding hydrogens is 432 g/mol. The first kappa shape index (κ1) is 23.0. The molecule has 0 bridgehead atoms. The minimum Gasteiger partial charge on any atom is -0.328 e. The lowest BCUT2D eigenvalue weighted by atomic mass is 9.92. The molecule has 0 amide bonds. The van der Waals surface area contributed by atoms with Crippen LogP contribution in [0.5, 0.6) is 0 Å². The van der Waals surface area contributed by atoms with Crippen molar-refractivity contribution >= 4 is 10.0 Å². The molecule has 0 radical (unpaired) electrons. The molecule has 0 unspecified atom stereocenters. The van der Waals surface area contributed by atoms with Crippen molar-refractivity contribution in [3.8, 4) is 11.1 Å². The smallest absolute Gasteiger partial charge is 0.218 e. The van der Waals surface area contributed by atoms with Gasteiger partial charge in [-0.25, -0.2) is 8.42 Å². The zero-order valence-electron chi connectivity index (χ0n) is 19.2. The number of rotatable bonds is 7. The minimum absolute atomic E-state index is 0.0560. The Morgan fingerprint density at radius 2 is 1.70 bits per heavy atom. The van der Waals surface area contributed by atoms with Gasteiger partial charge in [-0.15, -0.1) is 0 Å². The predicted molar refractivity (Wildman–Crippen MR) is 133 cm³/mol. The lowest BCUT2D eigenvalue weighted by Crippen LogP contribution is -2.46. The average Bonchev–Trinajstić information content (AvgIpc) is 3.60. The van der Waals surface area contributed by atoms with Crippen LogP contribution in [0.4, 0.5) is 0 Å². The van der Waals surface area contributed by atoms with Crippen LogP contribution in [0.1, 0.15) is 49.1 Å². The van der Waals surface area contributed by atoms with Crippen molar-refractivity contribution in [2.75, 3.05) is 26.2 Å². The highest BCUT2D eigenvalue weighted by Crippen LogP contribution is 2.42. The maximum atomic E-state index is 12.8. The minimum atomic E-state index is -3.29. The van der Waals surface area contributed by atoms with Gasteiger partial charge in [0.1, 0.15) is 0 Å². The van der Waals surface area contributed by atoms with E-state index >= 15 is 0 Å². The lowest BCUT2D eigenvalue weighted by molar-refractivity contribution is 0.339. The van der Waals surface area contributed by atoms with E-state index in [1.165, 1.54) is 24.8 Å². The van der Waals surface area contributed by atoms with Crippen LogP contribution in [0.2, 0.25) is 0 Å². The topological polar surface area (TPSA) is 87.5 Å². The fraction of sp³-hybridized carbons (Fsp3) is 0.538. The number of nitrogens with one attached hydrogen (secondary N) is 2. The van der Waals surface area contributed by atoms with Crippen molar-refractivity contribution < 1.29 is 8.42 Å². The van der Waals surface area contributed by atoms with Crippen molar-refractivity contribution in [1.82, 2.24) is 14.9 Å². The van der Waals surface area contributed by atoms with Gasteiger partial charge in [0.2, 0.25) is 10.0 Å². The Morgan fingerprint density at radius 3 is 2.42 bits per heavy atom. The summed E-state index contributed by atoms with van der Waals surface area (Å²) < 4.78 is 27.2. The van der Waals surface area contributed by atoms with Gasteiger partial charge in [0.15, 0.2) is 0 Å². The number of hydrogen-bond acceptors (Lipinski definition) is 5. The van der Waals surface area contributed by atoms with Gasteiger partial charge in [0.25, 0.3) is 0 Å². The van der Waals surface area contributed by atoms with E-state index in [2.05, 4.69) is 41.0 Å². The van der Waals surface area contributed by atoms with Gasteiger partial charge in [-0.05, 0) is 54.4 Å². The van der Waals surface area contributed by atoms with Crippen LogP contribution in [0.25, 0.3) is 11.1 Å². The molecule has 5 rings (SSSR count). The third-order valence-electron chi connectivity index (χ3n) is 7.43. The highest BCUT2D eigenvalue weighted by Gasteiger charge is 2.39. The summed E-state index contributed by atoms with van der Waals surface area (Å²) in [6.45, 7) is 2.54. The van der Waals surface area contributed by atoms with Gasteiger partial charge >= 0.3 is 0 Å². The molecule has 2 aromatic rings. The van der Waals surface area contributed by atoms with E-state index in [9.17, 15) is 8.42 Å². The third kappa shape index (κ3) is 5.66. The number of nitrogens with zero attached hydrogens (tertiary/aromatic N) is 1. The Bertz CT molecular complexity index is 1040. The summed E-state index contributed by atoms with van der Waals surface area (Å²) in [4.78, 5) is 0. The first-order valence-corrected chi connectivity index (χ1v) is 14.0. The number of sulfonamides is 1. The second kappa shape index (κ2) is 9.84. The molecule has 1 saturated heterocycles. The molecule has 3 fully saturated rings. The maximum absolute atomic E-state index is 12.8. The van der Waals surface area contributed by atoms with Gasteiger partial charge in [-0.3, -0.25) is 0 Å². The Balaban J connectivity index is 1.20. The van der Waals surface area contributed by atoms with Crippen LogP contribution in [-0.2, 0) is 15.8 Å². The molecule has 3 aliphatic rings. The van der Waals surface area contributed by atoms with E-state index in [0.717, 1.165) is 42.6 Å². The summed E-state index contributed by atoms with van der Waals surface area (Å²) >= 11 is 0. The summed E-state index contributed by atoms with van der Waals surface area (Å²) in [6.07, 6.45) is 5.88. The van der Waals surface area contributed by atoms with Gasteiger partial charge in [0.05, 0.1) is 5.75 Å². The van der Waals surface area contributed by atoms with Crippen molar-refractivity contribution in [3.05, 3.63) is 59.7 Å². The summed E-state index contributed by atoms with van der Waals surface area (Å²) in [6, 6.07) is 18.4. The molecule has 2 atom stereocenters. The molecule has 0 spiro atoms. The molecule has 7 heteroatoms. The number of benzene rings is 2. The molecule has 4 N–H and O–H groups in total. The zero-order chi connectivity index (χ0) is 22.8. The average molecular weight is 469 g/mol. The van der Waals surface area contributed by atoms with Crippen LogP contribution in [0, 0.1) is 0 Å². The van der Waals surface area contributed by atoms with Crippen molar-refractivity contribution in [3.63, 3.8) is 0 Å². The summed E-state index contributed by atoms with van der Waals surface area (Å²) in [5.74, 6) is 0.658. The Hall–Kier alpha value is -1.77. The first-order valence-electron chi connectivity index (χ1n) is 12.4. The molecule has 0 aromatic heterocycles. The van der Waals surface area contributed by atoms with Crippen LogP contribution >= 0.6 is 0 Å². The number of nitrogens with two attached hydrogens (primary N) is 1. The Morgan fingerprint density at radius 1 is 0.970 bits per heavy atom. The molecule has 1 heterocycles. The van der Waals surface area contributed by atoms with E-state index in [1.807, 2.05) is 18.2 Å². The van der Waals surface area contributed by atoms with Gasteiger partial charge in [0, 0.05) is 50.2 Å². The second-order valence-corrected chi connectivity index (χ2v) is 11.9. The van der Waals surface area contributed by atoms with Gasteiger partial charge < -0.3 is 16.4 Å². The zero-order valence-corrected chi connectivity index (χ0v) is 20.1. The fourth-order valence-corrected chi connectivity index (χ4v) is 6.85. The summed E-state index contributed by atoms with van der Waals surface area (Å²) in [5, 5.41) is 7.05. The maximum Gasteiger partial charge on any atom is 0.218 e. The first-order chi connectivity index (χ1) is 16.0. The van der Waals surface area contributed by atoms with Crippen LogP contribution < -0.4 is 16.4 Å². The largest absolute Gasteiger partial charge is 0.328 e. The number of hydrogen-bond donors (Lipinski definition) is 3. The molecule has 178 valence electrons. The second-order valence-electron chi connectivity index (χ2n) is 9.95. The predicted octanol–water partition coefficient (Wildman–Crippen LogP) is 2.80. The lowest BCUT2D eigenvalue weighted by Gasteiger charge is -2.27. The van der Waals surface area contributed by atoms with Crippen LogP contribution in [0.15, 0.2) is 48.5 Å². The summed E-state index contributed by atoms with van der Waals surface area (Å²) in [7, 11) is -3.29.